The van der Waals surface area contributed by atoms with Crippen molar-refractivity contribution in [1.29, 1.82) is 0 Å². The smallest absolute Gasteiger partial charge is 0.229 e. The molecule has 170 valence electrons. The minimum atomic E-state index is 0.0375. The molecule has 3 aromatic carbocycles. The van der Waals surface area contributed by atoms with Crippen LogP contribution in [0.5, 0.6) is 11.5 Å². The molecule has 7 heteroatoms. The number of methoxy groups -OCH3 is 2. The highest BCUT2D eigenvalue weighted by Crippen LogP contribution is 2.40. The highest BCUT2D eigenvalue weighted by Gasteiger charge is 2.22. The fourth-order valence-corrected chi connectivity index (χ4v) is 5.38. The fourth-order valence-electron chi connectivity index (χ4n) is 3.44. The molecule has 0 bridgehead atoms. The average Bonchev–Trinajstić information content (AvgIpc) is 3.29. The van der Waals surface area contributed by atoms with Gasteiger partial charge >= 0.3 is 0 Å². The molecule has 4 rings (SSSR count). The van der Waals surface area contributed by atoms with Crippen molar-refractivity contribution in [1.82, 2.24) is 4.98 Å². The van der Waals surface area contributed by atoms with Gasteiger partial charge in [0.2, 0.25) is 5.91 Å². The number of aromatic nitrogens is 1. The zero-order valence-corrected chi connectivity index (χ0v) is 20.5. The molecule has 0 atom stereocenters. The number of aryl methyl sites for hydroxylation is 1. The molecule has 0 spiro atoms. The van der Waals surface area contributed by atoms with Gasteiger partial charge in [0.1, 0.15) is 21.7 Å². The van der Waals surface area contributed by atoms with E-state index < -0.39 is 0 Å². The number of fused-ring (bicyclic) bond motifs is 1. The van der Waals surface area contributed by atoms with Gasteiger partial charge in [-0.3, -0.25) is 9.69 Å². The summed E-state index contributed by atoms with van der Waals surface area (Å²) in [6, 6.07) is 22.1. The van der Waals surface area contributed by atoms with Crippen molar-refractivity contribution in [2.45, 2.75) is 24.8 Å². The molecular weight excluding hydrogens is 452 g/mol. The van der Waals surface area contributed by atoms with Crippen LogP contribution in [0.1, 0.15) is 17.5 Å². The molecule has 0 aliphatic carbocycles. The Hall–Kier alpha value is -3.03. The summed E-state index contributed by atoms with van der Waals surface area (Å²) in [6.45, 7) is 2.53. The maximum absolute atomic E-state index is 13.4. The zero-order valence-electron chi connectivity index (χ0n) is 18.9. The van der Waals surface area contributed by atoms with Crippen LogP contribution in [-0.2, 0) is 11.3 Å². The van der Waals surface area contributed by atoms with Crippen molar-refractivity contribution in [2.24, 2.45) is 0 Å². The molecule has 4 aromatic rings. The third-order valence-corrected chi connectivity index (χ3v) is 7.33. The van der Waals surface area contributed by atoms with Crippen molar-refractivity contribution >= 4 is 44.4 Å². The molecular formula is C26H26N2O3S2. The zero-order chi connectivity index (χ0) is 23.2. The van der Waals surface area contributed by atoms with Gasteiger partial charge in [0.05, 0.1) is 20.8 Å². The third kappa shape index (κ3) is 5.49. The number of hydrogen-bond acceptors (Lipinski definition) is 6. The standard InChI is InChI=1S/C26H26N2O3S2/c1-18-9-11-20(12-10-18)32-16-15-23(29)28(17-19-7-5-4-6-8-19)26-27-24-21(30-2)13-14-22(31-3)25(24)33-26/h4-14H,15-17H2,1-3H3. The van der Waals surface area contributed by atoms with E-state index in [0.717, 1.165) is 20.9 Å². The van der Waals surface area contributed by atoms with Crippen LogP contribution in [0.3, 0.4) is 0 Å². The van der Waals surface area contributed by atoms with Gasteiger partial charge < -0.3 is 9.47 Å². The van der Waals surface area contributed by atoms with Gasteiger partial charge in [0.15, 0.2) is 5.13 Å². The lowest BCUT2D eigenvalue weighted by atomic mass is 10.2. The molecule has 1 aromatic heterocycles. The lowest BCUT2D eigenvalue weighted by molar-refractivity contribution is -0.118. The Morgan fingerprint density at radius 2 is 1.67 bits per heavy atom. The first kappa shape index (κ1) is 23.1. The number of amides is 1. The Morgan fingerprint density at radius 1 is 0.970 bits per heavy atom. The largest absolute Gasteiger partial charge is 0.495 e. The summed E-state index contributed by atoms with van der Waals surface area (Å²) in [5.74, 6) is 2.12. The SMILES string of the molecule is COc1ccc(OC)c2sc(N(Cc3ccccc3)C(=O)CCSc3ccc(C)cc3)nc12. The summed E-state index contributed by atoms with van der Waals surface area (Å²) in [7, 11) is 3.26. The normalized spacial score (nSPS) is 10.9. The van der Waals surface area contributed by atoms with E-state index in [1.165, 1.54) is 16.9 Å². The Kier molecular flexibility index (Phi) is 7.52. The Morgan fingerprint density at radius 3 is 2.36 bits per heavy atom. The van der Waals surface area contributed by atoms with Gasteiger partial charge in [-0.25, -0.2) is 4.98 Å². The lowest BCUT2D eigenvalue weighted by Crippen LogP contribution is -2.30. The Labute approximate surface area is 202 Å². The summed E-state index contributed by atoms with van der Waals surface area (Å²) in [4.78, 5) is 21.1. The predicted molar refractivity (Wildman–Crippen MR) is 137 cm³/mol. The van der Waals surface area contributed by atoms with Gasteiger partial charge in [0, 0.05) is 17.1 Å². The highest BCUT2D eigenvalue weighted by molar-refractivity contribution is 7.99. The number of thioether (sulfide) groups is 1. The van der Waals surface area contributed by atoms with Gasteiger partial charge in [-0.05, 0) is 36.8 Å². The summed E-state index contributed by atoms with van der Waals surface area (Å²) < 4.78 is 11.9. The minimum absolute atomic E-state index is 0.0375. The van der Waals surface area contributed by atoms with Gasteiger partial charge in [-0.1, -0.05) is 59.4 Å². The van der Waals surface area contributed by atoms with Crippen molar-refractivity contribution in [3.8, 4) is 11.5 Å². The van der Waals surface area contributed by atoms with Crippen LogP contribution >= 0.6 is 23.1 Å². The van der Waals surface area contributed by atoms with Crippen molar-refractivity contribution in [2.75, 3.05) is 24.9 Å². The molecule has 0 aliphatic heterocycles. The van der Waals surface area contributed by atoms with Gasteiger partial charge in [-0.2, -0.15) is 0 Å². The first-order valence-corrected chi connectivity index (χ1v) is 12.4. The lowest BCUT2D eigenvalue weighted by Gasteiger charge is -2.20. The molecule has 0 radical (unpaired) electrons. The Balaban J connectivity index is 1.60. The van der Waals surface area contributed by atoms with E-state index in [2.05, 4.69) is 31.2 Å². The number of anilines is 1. The van der Waals surface area contributed by atoms with E-state index in [-0.39, 0.29) is 5.91 Å². The molecule has 33 heavy (non-hydrogen) atoms. The molecule has 0 aliphatic rings. The Bertz CT molecular complexity index is 1180. The molecule has 1 heterocycles. The summed E-state index contributed by atoms with van der Waals surface area (Å²) in [5, 5.41) is 0.641. The predicted octanol–water partition coefficient (Wildman–Crippen LogP) is 6.34. The average molecular weight is 479 g/mol. The molecule has 5 nitrogen and oxygen atoms in total. The number of benzene rings is 3. The van der Waals surface area contributed by atoms with Crippen molar-refractivity contribution in [3.63, 3.8) is 0 Å². The molecule has 0 saturated heterocycles. The van der Waals surface area contributed by atoms with Crippen LogP contribution in [0, 0.1) is 6.92 Å². The minimum Gasteiger partial charge on any atom is -0.495 e. The quantitative estimate of drug-likeness (QED) is 0.263. The number of carbonyl (C=O) groups excluding carboxylic acids is 1. The van der Waals surface area contributed by atoms with E-state index in [9.17, 15) is 4.79 Å². The second-order valence-electron chi connectivity index (χ2n) is 7.52. The van der Waals surface area contributed by atoms with Crippen LogP contribution in [0.2, 0.25) is 0 Å². The molecule has 0 unspecified atom stereocenters. The van der Waals surface area contributed by atoms with Gasteiger partial charge in [0.25, 0.3) is 0 Å². The van der Waals surface area contributed by atoms with Crippen LogP contribution in [-0.4, -0.2) is 30.9 Å². The second kappa shape index (κ2) is 10.7. The second-order valence-corrected chi connectivity index (χ2v) is 9.67. The maximum atomic E-state index is 13.4. The first-order chi connectivity index (χ1) is 16.1. The van der Waals surface area contributed by atoms with E-state index >= 15 is 0 Å². The van der Waals surface area contributed by atoms with E-state index in [1.54, 1.807) is 30.9 Å². The van der Waals surface area contributed by atoms with E-state index in [4.69, 9.17) is 14.5 Å². The molecule has 0 saturated carbocycles. The van der Waals surface area contributed by atoms with Crippen molar-refractivity contribution in [3.05, 3.63) is 77.9 Å². The molecule has 0 fully saturated rings. The van der Waals surface area contributed by atoms with Gasteiger partial charge in [-0.15, -0.1) is 11.8 Å². The fraction of sp³-hybridized carbons (Fsp3) is 0.231. The molecule has 0 N–H and O–H groups in total. The third-order valence-electron chi connectivity index (χ3n) is 5.22. The first-order valence-electron chi connectivity index (χ1n) is 10.6. The van der Waals surface area contributed by atoms with Crippen molar-refractivity contribution < 1.29 is 14.3 Å². The number of hydrogen-bond donors (Lipinski definition) is 0. The molecule has 1 amide bonds. The highest BCUT2D eigenvalue weighted by atomic mass is 32.2. The number of ether oxygens (including phenoxy) is 2. The summed E-state index contributed by atoms with van der Waals surface area (Å²) in [6.07, 6.45) is 0.412. The van der Waals surface area contributed by atoms with Crippen LogP contribution in [0.4, 0.5) is 5.13 Å². The number of carbonyl (C=O) groups is 1. The number of rotatable bonds is 9. The van der Waals surface area contributed by atoms with Crippen LogP contribution < -0.4 is 14.4 Å². The van der Waals surface area contributed by atoms with Crippen LogP contribution in [0.15, 0.2) is 71.6 Å². The topological polar surface area (TPSA) is 51.7 Å². The van der Waals surface area contributed by atoms with E-state index in [1.807, 2.05) is 42.5 Å². The summed E-state index contributed by atoms with van der Waals surface area (Å²) in [5.41, 5.74) is 2.98. The summed E-state index contributed by atoms with van der Waals surface area (Å²) >= 11 is 3.14. The monoisotopic (exact) mass is 478 g/mol. The number of thiazole rings is 1. The maximum Gasteiger partial charge on any atom is 0.229 e. The number of nitrogens with zero attached hydrogens (tertiary/aromatic N) is 2. The van der Waals surface area contributed by atoms with Crippen LogP contribution in [0.25, 0.3) is 10.2 Å². The van der Waals surface area contributed by atoms with E-state index in [0.29, 0.717) is 35.1 Å².